The molecule has 4 heteroatoms. The molecule has 27 heavy (non-hydrogen) atoms. The molecule has 5 rings (SSSR count). The number of nitrogens with zero attached hydrogens (tertiary/aromatic N) is 2. The lowest BCUT2D eigenvalue weighted by Crippen LogP contribution is -2.60. The minimum atomic E-state index is -1.91. The van der Waals surface area contributed by atoms with Crippen LogP contribution in [-0.4, -0.2) is 40.0 Å². The second-order valence-electron chi connectivity index (χ2n) is 8.80. The van der Waals surface area contributed by atoms with Gasteiger partial charge in [-0.1, -0.05) is 13.1 Å². The Morgan fingerprint density at radius 2 is 1.11 bits per heavy atom. The Bertz CT molecular complexity index is 837. The number of hydrogen-bond acceptors (Lipinski definition) is 3. The topological polar surface area (TPSA) is 23.6 Å². The smallest absolute Gasteiger partial charge is 0.192 e. The molecule has 3 aliphatic rings. The van der Waals surface area contributed by atoms with E-state index in [2.05, 4.69) is 59.3 Å². The Hall–Kier alpha value is -2.07. The van der Waals surface area contributed by atoms with Crippen LogP contribution in [0.3, 0.4) is 0 Å². The molecule has 3 aliphatic heterocycles. The van der Waals surface area contributed by atoms with Gasteiger partial charge in [-0.2, -0.15) is 0 Å². The number of carbonyl (C=O) groups excluding carboxylic acids is 1. The van der Waals surface area contributed by atoms with Gasteiger partial charge >= 0.3 is 0 Å². The molecular weight excluding hydrogens is 348 g/mol. The standard InChI is InChI=1S/C23H28N2OSi/c1-27(2)21-15-17(24-11-3-4-12-24)7-9-19(21)23(26)20-10-8-18(16-22(20)27)25-13-5-6-14-25/h7-10,15-16H,3-6,11-14H2,1-2H3. The van der Waals surface area contributed by atoms with E-state index in [0.717, 1.165) is 37.3 Å². The van der Waals surface area contributed by atoms with E-state index in [4.69, 9.17) is 0 Å². The van der Waals surface area contributed by atoms with Crippen LogP contribution in [0, 0.1) is 0 Å². The van der Waals surface area contributed by atoms with Crippen LogP contribution in [0.1, 0.15) is 41.6 Å². The van der Waals surface area contributed by atoms with Gasteiger partial charge in [-0.05, 0) is 72.5 Å². The van der Waals surface area contributed by atoms with Gasteiger partial charge in [0.05, 0.1) is 0 Å². The SMILES string of the molecule is C[Si]1(C)c2cc(N3CCCC3)ccc2C(=O)c2ccc(N3CCCC3)cc21. The van der Waals surface area contributed by atoms with Crippen LogP contribution in [0.25, 0.3) is 0 Å². The summed E-state index contributed by atoms with van der Waals surface area (Å²) in [5, 5.41) is 2.64. The molecule has 0 aromatic heterocycles. The summed E-state index contributed by atoms with van der Waals surface area (Å²) in [5.74, 6) is 0.216. The molecule has 3 heterocycles. The molecule has 2 saturated heterocycles. The highest BCUT2D eigenvalue weighted by molar-refractivity contribution is 7.02. The van der Waals surface area contributed by atoms with Crippen LogP contribution >= 0.6 is 0 Å². The molecule has 2 aromatic rings. The van der Waals surface area contributed by atoms with E-state index in [-0.39, 0.29) is 5.78 Å². The van der Waals surface area contributed by atoms with E-state index >= 15 is 0 Å². The van der Waals surface area contributed by atoms with Crippen molar-refractivity contribution < 1.29 is 4.79 Å². The van der Waals surface area contributed by atoms with Crippen molar-refractivity contribution in [3.8, 4) is 0 Å². The Labute approximate surface area is 163 Å². The molecule has 0 N–H and O–H groups in total. The van der Waals surface area contributed by atoms with Gasteiger partial charge in [0, 0.05) is 48.7 Å². The zero-order chi connectivity index (χ0) is 18.6. The van der Waals surface area contributed by atoms with E-state index in [9.17, 15) is 4.79 Å². The van der Waals surface area contributed by atoms with Crippen LogP contribution in [0.4, 0.5) is 11.4 Å². The number of benzene rings is 2. The maximum absolute atomic E-state index is 13.3. The molecule has 2 fully saturated rings. The lowest BCUT2D eigenvalue weighted by Gasteiger charge is -2.34. The van der Waals surface area contributed by atoms with Gasteiger partial charge in [-0.25, -0.2) is 0 Å². The van der Waals surface area contributed by atoms with Crippen molar-refractivity contribution in [1.82, 2.24) is 0 Å². The van der Waals surface area contributed by atoms with Crippen LogP contribution in [0.15, 0.2) is 36.4 Å². The highest BCUT2D eigenvalue weighted by Gasteiger charge is 2.39. The first-order valence-electron chi connectivity index (χ1n) is 10.4. The summed E-state index contributed by atoms with van der Waals surface area (Å²) in [6, 6.07) is 13.2. The van der Waals surface area contributed by atoms with E-state index in [1.807, 2.05) is 0 Å². The van der Waals surface area contributed by atoms with Crippen LogP contribution < -0.4 is 20.2 Å². The lowest BCUT2D eigenvalue weighted by atomic mass is 10.0. The third-order valence-electron chi connectivity index (χ3n) is 6.78. The molecule has 0 saturated carbocycles. The van der Waals surface area contributed by atoms with E-state index < -0.39 is 8.07 Å². The van der Waals surface area contributed by atoms with Crippen molar-refractivity contribution in [2.75, 3.05) is 36.0 Å². The quantitative estimate of drug-likeness (QED) is 0.752. The average molecular weight is 377 g/mol. The predicted octanol–water partition coefficient (Wildman–Crippen LogP) is 3.25. The summed E-state index contributed by atoms with van der Waals surface area (Å²) in [7, 11) is -1.91. The number of hydrogen-bond donors (Lipinski definition) is 0. The third-order valence-corrected chi connectivity index (χ3v) is 10.3. The second kappa shape index (κ2) is 6.23. The van der Waals surface area contributed by atoms with Gasteiger partial charge in [-0.15, -0.1) is 0 Å². The molecule has 0 aliphatic carbocycles. The number of rotatable bonds is 2. The molecule has 0 unspecified atom stereocenters. The molecule has 0 bridgehead atoms. The van der Waals surface area contributed by atoms with Gasteiger partial charge in [0.2, 0.25) is 0 Å². The molecule has 0 amide bonds. The summed E-state index contributed by atoms with van der Waals surface area (Å²) in [4.78, 5) is 18.2. The van der Waals surface area contributed by atoms with Crippen LogP contribution in [0.5, 0.6) is 0 Å². The van der Waals surface area contributed by atoms with Crippen molar-refractivity contribution in [2.24, 2.45) is 0 Å². The number of fused-ring (bicyclic) bond motifs is 2. The molecule has 0 spiro atoms. The molecule has 140 valence electrons. The maximum Gasteiger partial charge on any atom is 0.192 e. The Morgan fingerprint density at radius 3 is 1.52 bits per heavy atom. The molecule has 0 atom stereocenters. The molecule has 2 aromatic carbocycles. The summed E-state index contributed by atoms with van der Waals surface area (Å²) in [6.45, 7) is 9.40. The van der Waals surface area contributed by atoms with E-state index in [0.29, 0.717) is 0 Å². The van der Waals surface area contributed by atoms with Gasteiger partial charge < -0.3 is 9.80 Å². The Balaban J connectivity index is 1.61. The largest absolute Gasteiger partial charge is 0.372 e. The van der Waals surface area contributed by atoms with Crippen LogP contribution in [-0.2, 0) is 0 Å². The Kier molecular flexibility index (Phi) is 3.94. The average Bonchev–Trinajstić information content (AvgIpc) is 3.39. The summed E-state index contributed by atoms with van der Waals surface area (Å²) < 4.78 is 0. The monoisotopic (exact) mass is 376 g/mol. The van der Waals surface area contributed by atoms with Gasteiger partial charge in [-0.3, -0.25) is 4.79 Å². The number of carbonyl (C=O) groups is 1. The van der Waals surface area contributed by atoms with Gasteiger partial charge in [0.15, 0.2) is 5.78 Å². The first-order valence-corrected chi connectivity index (χ1v) is 13.4. The van der Waals surface area contributed by atoms with E-state index in [1.54, 1.807) is 0 Å². The van der Waals surface area contributed by atoms with Crippen molar-refractivity contribution in [3.63, 3.8) is 0 Å². The summed E-state index contributed by atoms with van der Waals surface area (Å²) in [6.07, 6.45) is 5.11. The van der Waals surface area contributed by atoms with Gasteiger partial charge in [0.25, 0.3) is 0 Å². The fourth-order valence-corrected chi connectivity index (χ4v) is 8.18. The van der Waals surface area contributed by atoms with Crippen molar-refractivity contribution >= 4 is 35.6 Å². The van der Waals surface area contributed by atoms with Crippen LogP contribution in [0.2, 0.25) is 13.1 Å². The predicted molar refractivity (Wildman–Crippen MR) is 116 cm³/mol. The highest BCUT2D eigenvalue weighted by Crippen LogP contribution is 2.28. The zero-order valence-corrected chi connectivity index (χ0v) is 17.4. The van der Waals surface area contributed by atoms with E-state index in [1.165, 1.54) is 47.4 Å². The van der Waals surface area contributed by atoms with Crippen molar-refractivity contribution in [2.45, 2.75) is 38.8 Å². The first-order chi connectivity index (χ1) is 13.1. The fourth-order valence-electron chi connectivity index (χ4n) is 5.13. The first kappa shape index (κ1) is 17.1. The third kappa shape index (κ3) is 2.65. The maximum atomic E-state index is 13.3. The molecule has 3 nitrogen and oxygen atoms in total. The lowest BCUT2D eigenvalue weighted by molar-refractivity contribution is 0.104. The fraction of sp³-hybridized carbons (Fsp3) is 0.435. The number of ketones is 1. The Morgan fingerprint density at radius 1 is 0.704 bits per heavy atom. The number of anilines is 2. The summed E-state index contributed by atoms with van der Waals surface area (Å²) in [5.41, 5.74) is 4.49. The zero-order valence-electron chi connectivity index (χ0n) is 16.4. The normalized spacial score (nSPS) is 20.7. The highest BCUT2D eigenvalue weighted by atomic mass is 28.3. The van der Waals surface area contributed by atoms with Crippen molar-refractivity contribution in [3.05, 3.63) is 47.5 Å². The summed E-state index contributed by atoms with van der Waals surface area (Å²) >= 11 is 0. The molecule has 0 radical (unpaired) electrons. The van der Waals surface area contributed by atoms with Gasteiger partial charge in [0.1, 0.15) is 8.07 Å². The minimum Gasteiger partial charge on any atom is -0.372 e. The minimum absolute atomic E-state index is 0.216. The van der Waals surface area contributed by atoms with Crippen molar-refractivity contribution in [1.29, 1.82) is 0 Å². The second-order valence-corrected chi connectivity index (χ2v) is 13.1. The molecular formula is C23H28N2OSi.